The van der Waals surface area contributed by atoms with Crippen LogP contribution in [0, 0.1) is 0 Å². The highest BCUT2D eigenvalue weighted by atomic mass is 16.2. The highest BCUT2D eigenvalue weighted by molar-refractivity contribution is 5.80. The Morgan fingerprint density at radius 3 is 2.76 bits per heavy atom. The Labute approximate surface area is 147 Å². The fourth-order valence-corrected chi connectivity index (χ4v) is 2.99. The van der Waals surface area contributed by atoms with E-state index in [-0.39, 0.29) is 24.4 Å². The molecular weight excluding hydrogens is 316 g/mol. The molecule has 1 aliphatic heterocycles. The van der Waals surface area contributed by atoms with Gasteiger partial charge in [0.15, 0.2) is 0 Å². The van der Waals surface area contributed by atoms with Gasteiger partial charge in [-0.15, -0.1) is 0 Å². The second kappa shape index (κ2) is 8.28. The Morgan fingerprint density at radius 2 is 2.00 bits per heavy atom. The number of urea groups is 1. The lowest BCUT2D eigenvalue weighted by Gasteiger charge is -2.29. The Morgan fingerprint density at radius 1 is 1.20 bits per heavy atom. The lowest BCUT2D eigenvalue weighted by atomic mass is 10.0. The number of aromatic nitrogens is 1. The molecule has 0 spiro atoms. The molecule has 0 saturated carbocycles. The predicted molar refractivity (Wildman–Crippen MR) is 94.9 cm³/mol. The van der Waals surface area contributed by atoms with Gasteiger partial charge in [0.05, 0.1) is 12.5 Å². The summed E-state index contributed by atoms with van der Waals surface area (Å²) < 4.78 is 0. The number of benzene rings is 1. The molecule has 1 unspecified atom stereocenters. The van der Waals surface area contributed by atoms with Crippen molar-refractivity contribution < 1.29 is 9.59 Å². The first kappa shape index (κ1) is 17.0. The lowest BCUT2D eigenvalue weighted by molar-refractivity contribution is -0.121. The van der Waals surface area contributed by atoms with Crippen molar-refractivity contribution in [3.8, 4) is 0 Å². The zero-order chi connectivity index (χ0) is 17.5. The number of carbonyl (C=O) groups excluding carboxylic acids is 2. The SMILES string of the molecule is O=C1CC(c2ccccc2)N(C(=O)NCCc2ccccn2)CCN1. The number of carbonyl (C=O) groups is 2. The Bertz CT molecular complexity index is 706. The third-order valence-electron chi connectivity index (χ3n) is 4.26. The van der Waals surface area contributed by atoms with E-state index in [4.69, 9.17) is 0 Å². The van der Waals surface area contributed by atoms with E-state index >= 15 is 0 Å². The van der Waals surface area contributed by atoms with Gasteiger partial charge in [0.25, 0.3) is 0 Å². The minimum Gasteiger partial charge on any atom is -0.354 e. The maximum atomic E-state index is 12.7. The Kier molecular flexibility index (Phi) is 5.61. The van der Waals surface area contributed by atoms with Crippen molar-refractivity contribution in [1.82, 2.24) is 20.5 Å². The van der Waals surface area contributed by atoms with Crippen molar-refractivity contribution in [2.24, 2.45) is 0 Å². The first-order valence-corrected chi connectivity index (χ1v) is 8.50. The van der Waals surface area contributed by atoms with Crippen LogP contribution in [0.5, 0.6) is 0 Å². The van der Waals surface area contributed by atoms with E-state index in [9.17, 15) is 9.59 Å². The lowest BCUT2D eigenvalue weighted by Crippen LogP contribution is -2.44. The first-order chi connectivity index (χ1) is 12.2. The molecule has 1 atom stereocenters. The Hall–Kier alpha value is -2.89. The van der Waals surface area contributed by atoms with E-state index in [1.54, 1.807) is 11.1 Å². The van der Waals surface area contributed by atoms with Crippen LogP contribution in [0.15, 0.2) is 54.7 Å². The van der Waals surface area contributed by atoms with Crippen LogP contribution in [0.25, 0.3) is 0 Å². The van der Waals surface area contributed by atoms with E-state index in [1.165, 1.54) is 0 Å². The predicted octanol–water partition coefficient (Wildman–Crippen LogP) is 1.90. The summed E-state index contributed by atoms with van der Waals surface area (Å²) in [7, 11) is 0. The Balaban J connectivity index is 1.66. The molecule has 1 fully saturated rings. The summed E-state index contributed by atoms with van der Waals surface area (Å²) >= 11 is 0. The average molecular weight is 338 g/mol. The molecule has 25 heavy (non-hydrogen) atoms. The smallest absolute Gasteiger partial charge is 0.318 e. The molecule has 3 rings (SSSR count). The van der Waals surface area contributed by atoms with Crippen LogP contribution in [-0.4, -0.2) is 41.5 Å². The summed E-state index contributed by atoms with van der Waals surface area (Å²) in [5.74, 6) is -0.0300. The van der Waals surface area contributed by atoms with Gasteiger partial charge >= 0.3 is 6.03 Å². The molecule has 0 bridgehead atoms. The van der Waals surface area contributed by atoms with Crippen molar-refractivity contribution in [1.29, 1.82) is 0 Å². The molecule has 1 saturated heterocycles. The molecule has 2 heterocycles. The summed E-state index contributed by atoms with van der Waals surface area (Å²) in [4.78, 5) is 30.6. The number of hydrogen-bond donors (Lipinski definition) is 2. The van der Waals surface area contributed by atoms with Gasteiger partial charge < -0.3 is 15.5 Å². The molecular formula is C19H22N4O2. The summed E-state index contributed by atoms with van der Waals surface area (Å²) in [5, 5.41) is 5.79. The molecule has 1 aromatic heterocycles. The topological polar surface area (TPSA) is 74.3 Å². The van der Waals surface area contributed by atoms with E-state index in [0.29, 0.717) is 26.1 Å². The number of pyridine rings is 1. The van der Waals surface area contributed by atoms with Gasteiger partial charge in [-0.3, -0.25) is 9.78 Å². The minimum absolute atomic E-state index is 0.0300. The number of nitrogens with zero attached hydrogens (tertiary/aromatic N) is 2. The number of amides is 3. The summed E-state index contributed by atoms with van der Waals surface area (Å²) in [6.45, 7) is 1.46. The van der Waals surface area contributed by atoms with Crippen LogP contribution in [-0.2, 0) is 11.2 Å². The van der Waals surface area contributed by atoms with Gasteiger partial charge in [0.1, 0.15) is 0 Å². The van der Waals surface area contributed by atoms with Gasteiger partial charge in [-0.05, 0) is 17.7 Å². The van der Waals surface area contributed by atoms with Crippen molar-refractivity contribution in [3.63, 3.8) is 0 Å². The van der Waals surface area contributed by atoms with Crippen LogP contribution in [0.4, 0.5) is 4.79 Å². The van der Waals surface area contributed by atoms with Crippen LogP contribution < -0.4 is 10.6 Å². The zero-order valence-corrected chi connectivity index (χ0v) is 14.0. The zero-order valence-electron chi connectivity index (χ0n) is 14.0. The van der Waals surface area contributed by atoms with Crippen LogP contribution in [0.1, 0.15) is 23.7 Å². The third-order valence-corrected chi connectivity index (χ3v) is 4.26. The largest absolute Gasteiger partial charge is 0.354 e. The second-order valence-corrected chi connectivity index (χ2v) is 5.98. The van der Waals surface area contributed by atoms with Gasteiger partial charge in [-0.25, -0.2) is 4.79 Å². The van der Waals surface area contributed by atoms with Crippen molar-refractivity contribution in [2.45, 2.75) is 18.9 Å². The molecule has 2 N–H and O–H groups in total. The molecule has 2 aromatic rings. The maximum Gasteiger partial charge on any atom is 0.318 e. The fourth-order valence-electron chi connectivity index (χ4n) is 2.99. The molecule has 130 valence electrons. The maximum absolute atomic E-state index is 12.7. The number of nitrogens with one attached hydrogen (secondary N) is 2. The van der Waals surface area contributed by atoms with Gasteiger partial charge in [0, 0.05) is 37.9 Å². The van der Waals surface area contributed by atoms with Gasteiger partial charge in [-0.2, -0.15) is 0 Å². The normalized spacial score (nSPS) is 17.5. The number of hydrogen-bond acceptors (Lipinski definition) is 3. The minimum atomic E-state index is -0.251. The van der Waals surface area contributed by atoms with E-state index in [0.717, 1.165) is 11.3 Å². The van der Waals surface area contributed by atoms with Crippen LogP contribution in [0.3, 0.4) is 0 Å². The molecule has 6 nitrogen and oxygen atoms in total. The van der Waals surface area contributed by atoms with Gasteiger partial charge in [-0.1, -0.05) is 36.4 Å². The summed E-state index contributed by atoms with van der Waals surface area (Å²) in [6, 6.07) is 15.0. The third kappa shape index (κ3) is 4.56. The first-order valence-electron chi connectivity index (χ1n) is 8.50. The van der Waals surface area contributed by atoms with Crippen LogP contribution >= 0.6 is 0 Å². The van der Waals surface area contributed by atoms with E-state index in [2.05, 4.69) is 15.6 Å². The second-order valence-electron chi connectivity index (χ2n) is 5.98. The summed E-state index contributed by atoms with van der Waals surface area (Å²) in [6.07, 6.45) is 2.69. The molecule has 1 aromatic carbocycles. The molecule has 1 aliphatic rings. The highest BCUT2D eigenvalue weighted by Gasteiger charge is 2.29. The standard InChI is InChI=1S/C19H22N4O2/c24-18-14-17(15-6-2-1-3-7-15)23(13-12-21-18)19(25)22-11-9-16-8-4-5-10-20-16/h1-8,10,17H,9,11-14H2,(H,21,24)(H,22,25). The van der Waals surface area contributed by atoms with E-state index in [1.807, 2.05) is 48.5 Å². The molecule has 6 heteroatoms. The molecule has 0 aliphatic carbocycles. The molecule has 3 amide bonds. The van der Waals surface area contributed by atoms with E-state index < -0.39 is 0 Å². The highest BCUT2D eigenvalue weighted by Crippen LogP contribution is 2.25. The van der Waals surface area contributed by atoms with Crippen molar-refractivity contribution in [2.75, 3.05) is 19.6 Å². The fraction of sp³-hybridized carbons (Fsp3) is 0.316. The average Bonchev–Trinajstić information content (AvgIpc) is 2.85. The monoisotopic (exact) mass is 338 g/mol. The van der Waals surface area contributed by atoms with Crippen molar-refractivity contribution >= 4 is 11.9 Å². The molecule has 0 radical (unpaired) electrons. The quantitative estimate of drug-likeness (QED) is 0.894. The number of rotatable bonds is 4. The van der Waals surface area contributed by atoms with Crippen LogP contribution in [0.2, 0.25) is 0 Å². The van der Waals surface area contributed by atoms with Gasteiger partial charge in [0.2, 0.25) is 5.91 Å². The summed E-state index contributed by atoms with van der Waals surface area (Å²) in [5.41, 5.74) is 1.91. The van der Waals surface area contributed by atoms with Crippen molar-refractivity contribution in [3.05, 3.63) is 66.0 Å².